The molecule has 0 aliphatic carbocycles. The van der Waals surface area contributed by atoms with E-state index in [0.717, 1.165) is 28.8 Å². The van der Waals surface area contributed by atoms with Crippen LogP contribution in [0.3, 0.4) is 0 Å². The summed E-state index contributed by atoms with van der Waals surface area (Å²) in [5.41, 5.74) is 2.12. The van der Waals surface area contributed by atoms with E-state index in [-0.39, 0.29) is 5.91 Å². The van der Waals surface area contributed by atoms with Crippen LogP contribution in [0.15, 0.2) is 4.47 Å². The molecule has 0 bridgehead atoms. The third kappa shape index (κ3) is 3.07. The van der Waals surface area contributed by atoms with Crippen LogP contribution in [0.5, 0.6) is 0 Å². The normalized spacial score (nSPS) is 10.6. The van der Waals surface area contributed by atoms with Crippen LogP contribution in [-0.4, -0.2) is 34.7 Å². The molecule has 0 aliphatic rings. The number of amides is 1. The van der Waals surface area contributed by atoms with Gasteiger partial charge in [0.1, 0.15) is 0 Å². The first-order valence-electron chi connectivity index (χ1n) is 5.33. The Kier molecular flexibility index (Phi) is 4.53. The van der Waals surface area contributed by atoms with Crippen molar-refractivity contribution in [1.29, 1.82) is 0 Å². The number of aromatic nitrogens is 2. The largest absolute Gasteiger partial charge is 0.349 e. The number of rotatable bonds is 4. The number of halogens is 1. The summed E-state index contributed by atoms with van der Waals surface area (Å²) in [5.74, 6) is 0.167. The highest BCUT2D eigenvalue weighted by atomic mass is 79.9. The summed E-state index contributed by atoms with van der Waals surface area (Å²) in [6, 6.07) is 0. The zero-order valence-electron chi connectivity index (χ0n) is 10.2. The smallest absolute Gasteiger partial charge is 0.222 e. The molecule has 1 rings (SSSR count). The maximum Gasteiger partial charge on any atom is 0.222 e. The van der Waals surface area contributed by atoms with Gasteiger partial charge in [-0.1, -0.05) is 0 Å². The van der Waals surface area contributed by atoms with E-state index in [2.05, 4.69) is 21.0 Å². The second-order valence-corrected chi connectivity index (χ2v) is 4.89. The van der Waals surface area contributed by atoms with Gasteiger partial charge in [-0.3, -0.25) is 9.48 Å². The lowest BCUT2D eigenvalue weighted by molar-refractivity contribution is -0.128. The van der Waals surface area contributed by atoms with Crippen LogP contribution in [0.1, 0.15) is 24.2 Å². The Morgan fingerprint density at radius 1 is 1.44 bits per heavy atom. The van der Waals surface area contributed by atoms with Crippen molar-refractivity contribution in [2.45, 2.75) is 33.2 Å². The van der Waals surface area contributed by atoms with Gasteiger partial charge in [0.15, 0.2) is 0 Å². The van der Waals surface area contributed by atoms with Gasteiger partial charge in [0.05, 0.1) is 10.2 Å². The third-order valence-corrected chi connectivity index (χ3v) is 3.70. The Hall–Kier alpha value is -0.840. The van der Waals surface area contributed by atoms with E-state index >= 15 is 0 Å². The molecular formula is C11H18BrN3O. The lowest BCUT2D eigenvalue weighted by atomic mass is 10.3. The van der Waals surface area contributed by atoms with Gasteiger partial charge in [0, 0.05) is 32.8 Å². The fourth-order valence-electron chi connectivity index (χ4n) is 1.50. The summed E-state index contributed by atoms with van der Waals surface area (Å²) in [7, 11) is 3.56. The van der Waals surface area contributed by atoms with E-state index in [1.807, 2.05) is 18.5 Å². The van der Waals surface area contributed by atoms with Crippen molar-refractivity contribution in [3.63, 3.8) is 0 Å². The molecule has 0 saturated carbocycles. The monoisotopic (exact) mass is 287 g/mol. The molecule has 0 N–H and O–H groups in total. The van der Waals surface area contributed by atoms with Crippen molar-refractivity contribution in [2.75, 3.05) is 14.1 Å². The average molecular weight is 288 g/mol. The van der Waals surface area contributed by atoms with Crippen LogP contribution >= 0.6 is 15.9 Å². The van der Waals surface area contributed by atoms with Gasteiger partial charge in [0.25, 0.3) is 0 Å². The van der Waals surface area contributed by atoms with E-state index in [1.54, 1.807) is 19.0 Å². The SMILES string of the molecule is Cc1nn(CCCC(=O)N(C)C)c(C)c1Br. The van der Waals surface area contributed by atoms with Gasteiger partial charge in [-0.05, 0) is 36.2 Å². The van der Waals surface area contributed by atoms with E-state index in [1.165, 1.54) is 0 Å². The van der Waals surface area contributed by atoms with E-state index in [0.29, 0.717) is 6.42 Å². The Morgan fingerprint density at radius 2 is 2.06 bits per heavy atom. The van der Waals surface area contributed by atoms with Crippen molar-refractivity contribution in [2.24, 2.45) is 0 Å². The van der Waals surface area contributed by atoms with Crippen LogP contribution in [0.25, 0.3) is 0 Å². The van der Waals surface area contributed by atoms with Crippen LogP contribution < -0.4 is 0 Å². The lowest BCUT2D eigenvalue weighted by Crippen LogP contribution is -2.21. The summed E-state index contributed by atoms with van der Waals surface area (Å²) < 4.78 is 3.01. The number of hydrogen-bond acceptors (Lipinski definition) is 2. The van der Waals surface area contributed by atoms with E-state index in [9.17, 15) is 4.79 Å². The Balaban J connectivity index is 2.49. The van der Waals surface area contributed by atoms with Crippen LogP contribution in [0, 0.1) is 13.8 Å². The van der Waals surface area contributed by atoms with Crippen molar-refractivity contribution >= 4 is 21.8 Å². The minimum atomic E-state index is 0.167. The lowest BCUT2D eigenvalue weighted by Gasteiger charge is -2.10. The molecule has 0 atom stereocenters. The minimum absolute atomic E-state index is 0.167. The molecular weight excluding hydrogens is 270 g/mol. The molecule has 0 aromatic carbocycles. The predicted molar refractivity (Wildman–Crippen MR) is 67.3 cm³/mol. The fourth-order valence-corrected chi connectivity index (χ4v) is 1.78. The van der Waals surface area contributed by atoms with Gasteiger partial charge in [-0.15, -0.1) is 0 Å². The first-order chi connectivity index (χ1) is 7.43. The summed E-state index contributed by atoms with van der Waals surface area (Å²) in [5, 5.41) is 4.40. The second kappa shape index (κ2) is 5.48. The summed E-state index contributed by atoms with van der Waals surface area (Å²) >= 11 is 3.49. The van der Waals surface area contributed by atoms with E-state index in [4.69, 9.17) is 0 Å². The number of aryl methyl sites for hydroxylation is 2. The molecule has 0 fully saturated rings. The maximum atomic E-state index is 11.4. The van der Waals surface area contributed by atoms with Crippen LogP contribution in [0.4, 0.5) is 0 Å². The standard InChI is InChI=1S/C11H18BrN3O/c1-8-11(12)9(2)15(13-8)7-5-6-10(16)14(3)4/h5-7H2,1-4H3. The molecule has 1 aromatic rings. The van der Waals surface area contributed by atoms with Gasteiger partial charge >= 0.3 is 0 Å². The molecule has 5 heteroatoms. The fraction of sp³-hybridized carbons (Fsp3) is 0.636. The Labute approximate surface area is 105 Å². The summed E-state index contributed by atoms with van der Waals surface area (Å²) in [6.07, 6.45) is 1.40. The first kappa shape index (κ1) is 13.2. The second-order valence-electron chi connectivity index (χ2n) is 4.10. The molecule has 4 nitrogen and oxygen atoms in total. The quantitative estimate of drug-likeness (QED) is 0.851. The highest BCUT2D eigenvalue weighted by Gasteiger charge is 2.09. The third-order valence-electron chi connectivity index (χ3n) is 2.55. The zero-order valence-corrected chi connectivity index (χ0v) is 11.8. The Morgan fingerprint density at radius 3 is 2.50 bits per heavy atom. The molecule has 1 amide bonds. The number of carbonyl (C=O) groups is 1. The number of nitrogens with zero attached hydrogens (tertiary/aromatic N) is 3. The molecule has 0 saturated heterocycles. The van der Waals surface area contributed by atoms with Crippen molar-refractivity contribution in [1.82, 2.24) is 14.7 Å². The topological polar surface area (TPSA) is 38.1 Å². The van der Waals surface area contributed by atoms with Crippen molar-refractivity contribution < 1.29 is 4.79 Å². The molecule has 0 aliphatic heterocycles. The van der Waals surface area contributed by atoms with Gasteiger partial charge in [-0.25, -0.2) is 0 Å². The Bertz CT molecular complexity index is 385. The summed E-state index contributed by atoms with van der Waals surface area (Å²) in [6.45, 7) is 4.79. The van der Waals surface area contributed by atoms with E-state index < -0.39 is 0 Å². The van der Waals surface area contributed by atoms with Crippen LogP contribution in [-0.2, 0) is 11.3 Å². The highest BCUT2D eigenvalue weighted by Crippen LogP contribution is 2.19. The first-order valence-corrected chi connectivity index (χ1v) is 6.12. The maximum absolute atomic E-state index is 11.4. The van der Waals surface area contributed by atoms with Gasteiger partial charge in [0.2, 0.25) is 5.91 Å². The molecule has 90 valence electrons. The number of hydrogen-bond donors (Lipinski definition) is 0. The number of carbonyl (C=O) groups excluding carboxylic acids is 1. The molecule has 0 spiro atoms. The minimum Gasteiger partial charge on any atom is -0.349 e. The highest BCUT2D eigenvalue weighted by molar-refractivity contribution is 9.10. The molecule has 0 radical (unpaired) electrons. The average Bonchev–Trinajstić information content (AvgIpc) is 2.46. The zero-order chi connectivity index (χ0) is 12.3. The molecule has 16 heavy (non-hydrogen) atoms. The van der Waals surface area contributed by atoms with Crippen LogP contribution in [0.2, 0.25) is 0 Å². The molecule has 0 unspecified atom stereocenters. The predicted octanol–water partition coefficient (Wildman–Crippen LogP) is 2.13. The van der Waals surface area contributed by atoms with Gasteiger partial charge < -0.3 is 4.90 Å². The molecule has 1 aromatic heterocycles. The van der Waals surface area contributed by atoms with Crippen molar-refractivity contribution in [3.05, 3.63) is 15.9 Å². The van der Waals surface area contributed by atoms with Gasteiger partial charge in [-0.2, -0.15) is 5.10 Å². The molecule has 1 heterocycles. The van der Waals surface area contributed by atoms with Crippen molar-refractivity contribution in [3.8, 4) is 0 Å². The summed E-state index contributed by atoms with van der Waals surface area (Å²) in [4.78, 5) is 13.0.